The second-order valence-electron chi connectivity index (χ2n) is 6.50. The third-order valence-electron chi connectivity index (χ3n) is 4.46. The van der Waals surface area contributed by atoms with Crippen molar-refractivity contribution < 1.29 is 5.11 Å². The van der Waals surface area contributed by atoms with Gasteiger partial charge < -0.3 is 15.0 Å². The molecule has 0 fully saturated rings. The first-order valence-electron chi connectivity index (χ1n) is 9.01. The van der Waals surface area contributed by atoms with Crippen LogP contribution in [0.25, 0.3) is 0 Å². The number of rotatable bonds is 10. The molecule has 7 nitrogen and oxygen atoms in total. The lowest BCUT2D eigenvalue weighted by atomic mass is 10.1. The maximum absolute atomic E-state index is 11.7. The second kappa shape index (κ2) is 9.36. The summed E-state index contributed by atoms with van der Waals surface area (Å²) >= 11 is 0. The van der Waals surface area contributed by atoms with Gasteiger partial charge in [-0.1, -0.05) is 37.8 Å². The molecule has 2 N–H and O–H groups in total. The van der Waals surface area contributed by atoms with Gasteiger partial charge in [-0.3, -0.25) is 9.48 Å². The van der Waals surface area contributed by atoms with Crippen LogP contribution in [-0.2, 0) is 26.7 Å². The molecule has 0 amide bonds. The smallest absolute Gasteiger partial charge is 0.223 e. The summed E-state index contributed by atoms with van der Waals surface area (Å²) in [5.74, 6) is -0.198. The Morgan fingerprint density at radius 2 is 1.96 bits per heavy atom. The van der Waals surface area contributed by atoms with E-state index < -0.39 is 0 Å². The van der Waals surface area contributed by atoms with Crippen LogP contribution in [0, 0.1) is 6.92 Å². The molecule has 0 aliphatic heterocycles. The Kier molecular flexibility index (Phi) is 7.18. The quantitative estimate of drug-likeness (QED) is 0.644. The Labute approximate surface area is 148 Å². The zero-order chi connectivity index (χ0) is 18.2. The van der Waals surface area contributed by atoms with Gasteiger partial charge in [0.25, 0.3) is 0 Å². The zero-order valence-corrected chi connectivity index (χ0v) is 15.5. The molecule has 7 heteroatoms. The van der Waals surface area contributed by atoms with Gasteiger partial charge in [-0.15, -0.1) is 5.10 Å². The number of nitrogens with one attached hydrogen (secondary N) is 1. The van der Waals surface area contributed by atoms with E-state index in [-0.39, 0.29) is 11.2 Å². The summed E-state index contributed by atoms with van der Waals surface area (Å²) in [6.45, 7) is 5.88. The summed E-state index contributed by atoms with van der Waals surface area (Å²) in [7, 11) is 1.83. The van der Waals surface area contributed by atoms with Gasteiger partial charge in [0.15, 0.2) is 5.75 Å². The van der Waals surface area contributed by atoms with Gasteiger partial charge in [0, 0.05) is 44.6 Å². The number of pyridine rings is 1. The molecular formula is C18H29N5O2. The fourth-order valence-corrected chi connectivity index (χ4v) is 2.79. The minimum absolute atomic E-state index is 0.198. The van der Waals surface area contributed by atoms with E-state index in [9.17, 15) is 9.90 Å². The molecule has 25 heavy (non-hydrogen) atoms. The van der Waals surface area contributed by atoms with Crippen LogP contribution in [0.3, 0.4) is 0 Å². The van der Waals surface area contributed by atoms with Crippen molar-refractivity contribution in [2.75, 3.05) is 0 Å². The molecule has 0 aromatic carbocycles. The van der Waals surface area contributed by atoms with Gasteiger partial charge in [-0.05, 0) is 13.3 Å². The van der Waals surface area contributed by atoms with Crippen molar-refractivity contribution >= 4 is 0 Å². The summed E-state index contributed by atoms with van der Waals surface area (Å²) in [5, 5.41) is 21.5. The molecule has 0 atom stereocenters. The molecule has 138 valence electrons. The average Bonchev–Trinajstić information content (AvgIpc) is 3.04. The molecule has 0 saturated carbocycles. The van der Waals surface area contributed by atoms with Crippen LogP contribution in [0.1, 0.15) is 56.1 Å². The van der Waals surface area contributed by atoms with Gasteiger partial charge in [0.2, 0.25) is 5.43 Å². The number of aromatic hydroxyl groups is 1. The van der Waals surface area contributed by atoms with Crippen LogP contribution >= 0.6 is 0 Å². The highest BCUT2D eigenvalue weighted by molar-refractivity contribution is 5.29. The largest absolute Gasteiger partial charge is 0.503 e. The first-order chi connectivity index (χ1) is 12.0. The highest BCUT2D eigenvalue weighted by Gasteiger charge is 2.10. The zero-order valence-electron chi connectivity index (χ0n) is 15.5. The molecule has 0 aliphatic carbocycles. The minimum atomic E-state index is -0.346. The van der Waals surface area contributed by atoms with Gasteiger partial charge in [0.1, 0.15) is 0 Å². The van der Waals surface area contributed by atoms with E-state index in [1.54, 1.807) is 0 Å². The number of hydrogen-bond donors (Lipinski definition) is 2. The third-order valence-corrected chi connectivity index (χ3v) is 4.46. The third kappa shape index (κ3) is 5.42. The van der Waals surface area contributed by atoms with Crippen LogP contribution in [0.2, 0.25) is 0 Å². The lowest BCUT2D eigenvalue weighted by molar-refractivity contribution is 0.445. The number of nitrogens with zero attached hydrogens (tertiary/aromatic N) is 4. The Morgan fingerprint density at radius 3 is 2.72 bits per heavy atom. The Morgan fingerprint density at radius 1 is 1.20 bits per heavy atom. The summed E-state index contributed by atoms with van der Waals surface area (Å²) in [6.07, 6.45) is 8.11. The maximum atomic E-state index is 11.7. The van der Waals surface area contributed by atoms with Gasteiger partial charge in [0.05, 0.1) is 11.4 Å². The molecular weight excluding hydrogens is 318 g/mol. The van der Waals surface area contributed by atoms with E-state index in [0.29, 0.717) is 18.8 Å². The standard InChI is InChI=1S/C18H29N5O2/c1-4-5-6-7-8-9-23-13-15(20-21-23)11-19-12-16-18(25)17(24)10-14(2)22(16)3/h10,13,19,25H,4-9,11-12H2,1-3H3. The van der Waals surface area contributed by atoms with E-state index in [1.165, 1.54) is 31.7 Å². The van der Waals surface area contributed by atoms with Crippen LogP contribution in [0.5, 0.6) is 5.75 Å². The molecule has 2 heterocycles. The van der Waals surface area contributed by atoms with Crippen molar-refractivity contribution in [1.82, 2.24) is 24.9 Å². The molecule has 0 spiro atoms. The first kappa shape index (κ1) is 19.2. The van der Waals surface area contributed by atoms with Crippen LogP contribution in [0.4, 0.5) is 0 Å². The molecule has 0 unspecified atom stereocenters. The molecule has 2 rings (SSSR count). The number of unbranched alkanes of at least 4 members (excludes halogenated alkanes) is 4. The average molecular weight is 347 g/mol. The van der Waals surface area contributed by atoms with E-state index in [1.807, 2.05) is 29.4 Å². The van der Waals surface area contributed by atoms with Crippen molar-refractivity contribution in [3.8, 4) is 5.75 Å². The fraction of sp³-hybridized carbons (Fsp3) is 0.611. The van der Waals surface area contributed by atoms with E-state index in [0.717, 1.165) is 24.4 Å². The van der Waals surface area contributed by atoms with Crippen LogP contribution < -0.4 is 10.7 Å². The SMILES string of the molecule is CCCCCCCn1cc(CNCc2c(O)c(=O)cc(C)n2C)nn1. The highest BCUT2D eigenvalue weighted by atomic mass is 16.3. The molecule has 0 saturated heterocycles. The number of aromatic nitrogens is 4. The van der Waals surface area contributed by atoms with Gasteiger partial charge >= 0.3 is 0 Å². The van der Waals surface area contributed by atoms with E-state index in [4.69, 9.17) is 0 Å². The fourth-order valence-electron chi connectivity index (χ4n) is 2.79. The topological polar surface area (TPSA) is 85.0 Å². The Bertz CT molecular complexity index is 736. The predicted octanol–water partition coefficient (Wildman–Crippen LogP) is 2.25. The molecule has 2 aromatic heterocycles. The summed E-state index contributed by atoms with van der Waals surface area (Å²) in [5.41, 5.74) is 1.90. The minimum Gasteiger partial charge on any atom is -0.503 e. The highest BCUT2D eigenvalue weighted by Crippen LogP contribution is 2.12. The van der Waals surface area contributed by atoms with Crippen molar-refractivity contribution in [3.05, 3.63) is 39.6 Å². The molecule has 0 aliphatic rings. The maximum Gasteiger partial charge on any atom is 0.223 e. The Hall–Kier alpha value is -2.15. The molecule has 0 bridgehead atoms. The second-order valence-corrected chi connectivity index (χ2v) is 6.50. The van der Waals surface area contributed by atoms with Gasteiger partial charge in [-0.25, -0.2) is 0 Å². The summed E-state index contributed by atoms with van der Waals surface area (Å²) in [4.78, 5) is 11.7. The van der Waals surface area contributed by atoms with Crippen LogP contribution in [0.15, 0.2) is 17.1 Å². The monoisotopic (exact) mass is 347 g/mol. The van der Waals surface area contributed by atoms with Crippen molar-refractivity contribution in [3.63, 3.8) is 0 Å². The first-order valence-corrected chi connectivity index (χ1v) is 9.01. The van der Waals surface area contributed by atoms with Gasteiger partial charge in [-0.2, -0.15) is 0 Å². The van der Waals surface area contributed by atoms with Crippen molar-refractivity contribution in [2.45, 2.75) is 65.6 Å². The lowest BCUT2D eigenvalue weighted by Crippen LogP contribution is -2.20. The molecule has 2 aromatic rings. The number of aryl methyl sites for hydroxylation is 2. The normalized spacial score (nSPS) is 11.2. The predicted molar refractivity (Wildman–Crippen MR) is 97.4 cm³/mol. The van der Waals surface area contributed by atoms with Crippen LogP contribution in [-0.4, -0.2) is 24.7 Å². The Balaban J connectivity index is 1.82. The lowest BCUT2D eigenvalue weighted by Gasteiger charge is -2.13. The van der Waals surface area contributed by atoms with E-state index >= 15 is 0 Å². The summed E-state index contributed by atoms with van der Waals surface area (Å²) < 4.78 is 3.69. The van der Waals surface area contributed by atoms with E-state index in [2.05, 4.69) is 22.6 Å². The molecule has 0 radical (unpaired) electrons. The summed E-state index contributed by atoms with van der Waals surface area (Å²) in [6, 6.07) is 1.44. The number of hydrogen-bond acceptors (Lipinski definition) is 5. The van der Waals surface area contributed by atoms with Crippen molar-refractivity contribution in [1.29, 1.82) is 0 Å². The van der Waals surface area contributed by atoms with Crippen molar-refractivity contribution in [2.24, 2.45) is 7.05 Å².